The molecule has 0 saturated heterocycles. The van der Waals surface area contributed by atoms with Crippen LogP contribution in [0, 0.1) is 0 Å². The molecule has 2 N–H and O–H groups in total. The molecule has 1 aromatic carbocycles. The number of nitrogens with zero attached hydrogens (tertiary/aromatic N) is 2. The third kappa shape index (κ3) is 3.32. The second-order valence-electron chi connectivity index (χ2n) is 3.75. The number of hydrogen-bond donors (Lipinski definition) is 1. The van der Waals surface area contributed by atoms with Gasteiger partial charge in [-0.15, -0.1) is 13.2 Å². The SMILES string of the molecule is NC1=NC(Cl)N(c2cccc(OC(F)(F)F)c2)C=C1F. The maximum absolute atomic E-state index is 13.4. The van der Waals surface area contributed by atoms with Gasteiger partial charge in [0, 0.05) is 18.0 Å². The molecule has 1 unspecified atom stereocenters. The van der Waals surface area contributed by atoms with Crippen LogP contribution in [0.15, 0.2) is 41.3 Å². The molecule has 1 aliphatic heterocycles. The van der Waals surface area contributed by atoms with Crippen LogP contribution in [0.2, 0.25) is 0 Å². The molecule has 20 heavy (non-hydrogen) atoms. The summed E-state index contributed by atoms with van der Waals surface area (Å²) in [4.78, 5) is 4.73. The van der Waals surface area contributed by atoms with Gasteiger partial charge in [0.25, 0.3) is 0 Å². The van der Waals surface area contributed by atoms with Gasteiger partial charge in [-0.3, -0.25) is 0 Å². The highest BCUT2D eigenvalue weighted by atomic mass is 35.5. The second-order valence-corrected chi connectivity index (χ2v) is 4.14. The van der Waals surface area contributed by atoms with E-state index in [1.165, 1.54) is 12.1 Å². The predicted molar refractivity (Wildman–Crippen MR) is 66.1 cm³/mol. The Morgan fingerprint density at radius 2 is 2.05 bits per heavy atom. The van der Waals surface area contributed by atoms with E-state index in [1.807, 2.05) is 0 Å². The number of hydrogen-bond acceptors (Lipinski definition) is 4. The van der Waals surface area contributed by atoms with Crippen LogP contribution in [-0.2, 0) is 0 Å². The molecule has 0 radical (unpaired) electrons. The molecule has 0 saturated carbocycles. The van der Waals surface area contributed by atoms with Crippen LogP contribution < -0.4 is 15.4 Å². The minimum absolute atomic E-state index is 0.179. The Bertz CT molecular complexity index is 573. The molecule has 0 fully saturated rings. The third-order valence-electron chi connectivity index (χ3n) is 2.32. The zero-order valence-electron chi connectivity index (χ0n) is 9.73. The van der Waals surface area contributed by atoms with Gasteiger partial charge in [0.05, 0.1) is 0 Å². The molecule has 0 aromatic heterocycles. The smallest absolute Gasteiger partial charge is 0.406 e. The Morgan fingerprint density at radius 3 is 2.70 bits per heavy atom. The molecule has 1 aromatic rings. The number of amidine groups is 1. The fourth-order valence-electron chi connectivity index (χ4n) is 1.53. The number of ether oxygens (including phenoxy) is 1. The normalized spacial score (nSPS) is 19.4. The Kier molecular flexibility index (Phi) is 3.76. The Balaban J connectivity index is 2.28. The summed E-state index contributed by atoms with van der Waals surface area (Å²) in [6.45, 7) is 0. The number of anilines is 1. The number of halogens is 5. The lowest BCUT2D eigenvalue weighted by molar-refractivity contribution is -0.274. The molecular weight excluding hydrogens is 302 g/mol. The van der Waals surface area contributed by atoms with E-state index in [1.54, 1.807) is 0 Å². The van der Waals surface area contributed by atoms with E-state index in [9.17, 15) is 17.6 Å². The van der Waals surface area contributed by atoms with E-state index in [4.69, 9.17) is 17.3 Å². The second kappa shape index (κ2) is 5.20. The first-order valence-electron chi connectivity index (χ1n) is 5.25. The molecule has 0 amide bonds. The highest BCUT2D eigenvalue weighted by Gasteiger charge is 2.31. The molecule has 1 atom stereocenters. The Hall–Kier alpha value is -1.96. The van der Waals surface area contributed by atoms with Crippen LogP contribution >= 0.6 is 11.6 Å². The van der Waals surface area contributed by atoms with Crippen LogP contribution in [-0.4, -0.2) is 17.8 Å². The van der Waals surface area contributed by atoms with Crippen LogP contribution in [0.1, 0.15) is 0 Å². The van der Waals surface area contributed by atoms with Gasteiger partial charge in [0.15, 0.2) is 11.7 Å². The predicted octanol–water partition coefficient (Wildman–Crippen LogP) is 3.10. The minimum atomic E-state index is -4.81. The van der Waals surface area contributed by atoms with Crippen LogP contribution in [0.3, 0.4) is 0 Å². The molecule has 0 aliphatic carbocycles. The summed E-state index contributed by atoms with van der Waals surface area (Å²) in [5.41, 5.74) is 4.36. The average Bonchev–Trinajstić information content (AvgIpc) is 2.32. The maximum Gasteiger partial charge on any atom is 0.573 e. The van der Waals surface area contributed by atoms with Crippen LogP contribution in [0.5, 0.6) is 5.75 Å². The van der Waals surface area contributed by atoms with Crippen LogP contribution in [0.4, 0.5) is 23.2 Å². The fourth-order valence-corrected chi connectivity index (χ4v) is 1.80. The standard InChI is InChI=1S/C11H8ClF4N3O/c12-10-18-9(17)8(13)5-19(10)6-2-1-3-7(4-6)20-11(14,15)16/h1-5,10H,(H2,17,18). The molecule has 2 rings (SSSR count). The zero-order valence-corrected chi connectivity index (χ0v) is 10.5. The van der Waals surface area contributed by atoms with Crippen molar-refractivity contribution in [1.82, 2.24) is 0 Å². The Labute approximate surface area is 116 Å². The number of benzene rings is 1. The number of aliphatic imine (C=N–C) groups is 1. The monoisotopic (exact) mass is 309 g/mol. The van der Waals surface area contributed by atoms with Gasteiger partial charge < -0.3 is 15.4 Å². The fraction of sp³-hybridized carbons (Fsp3) is 0.182. The summed E-state index contributed by atoms with van der Waals surface area (Å²) < 4.78 is 53.5. The van der Waals surface area contributed by atoms with E-state index >= 15 is 0 Å². The highest BCUT2D eigenvalue weighted by molar-refractivity contribution is 6.23. The van der Waals surface area contributed by atoms with E-state index in [0.29, 0.717) is 0 Å². The van der Waals surface area contributed by atoms with Crippen LogP contribution in [0.25, 0.3) is 0 Å². The molecule has 0 bridgehead atoms. The maximum atomic E-state index is 13.4. The van der Waals surface area contributed by atoms with Gasteiger partial charge >= 0.3 is 6.36 Å². The van der Waals surface area contributed by atoms with Crippen molar-refractivity contribution in [2.24, 2.45) is 10.7 Å². The van der Waals surface area contributed by atoms with E-state index in [0.717, 1.165) is 23.2 Å². The van der Waals surface area contributed by atoms with Crippen molar-refractivity contribution in [3.63, 3.8) is 0 Å². The lowest BCUT2D eigenvalue weighted by Gasteiger charge is -2.27. The first-order valence-corrected chi connectivity index (χ1v) is 5.69. The number of rotatable bonds is 2. The lowest BCUT2D eigenvalue weighted by Crippen LogP contribution is -2.32. The first-order chi connectivity index (χ1) is 9.26. The van der Waals surface area contributed by atoms with Crippen molar-refractivity contribution in [2.75, 3.05) is 4.90 Å². The molecule has 9 heteroatoms. The van der Waals surface area contributed by atoms with Gasteiger partial charge in [0.2, 0.25) is 5.62 Å². The molecule has 0 spiro atoms. The van der Waals surface area contributed by atoms with Gasteiger partial charge in [-0.05, 0) is 12.1 Å². The van der Waals surface area contributed by atoms with Crippen molar-refractivity contribution in [1.29, 1.82) is 0 Å². The van der Waals surface area contributed by atoms with Gasteiger partial charge in [-0.25, -0.2) is 9.38 Å². The average molecular weight is 310 g/mol. The van der Waals surface area contributed by atoms with Gasteiger partial charge in [-0.2, -0.15) is 0 Å². The molecule has 1 heterocycles. The van der Waals surface area contributed by atoms with Crippen molar-refractivity contribution in [3.05, 3.63) is 36.3 Å². The molecule has 4 nitrogen and oxygen atoms in total. The number of nitrogens with two attached hydrogens (primary N) is 1. The van der Waals surface area contributed by atoms with Gasteiger partial charge in [-0.1, -0.05) is 17.7 Å². The Morgan fingerprint density at radius 1 is 1.35 bits per heavy atom. The van der Waals surface area contributed by atoms with E-state index in [2.05, 4.69) is 9.73 Å². The number of alkyl halides is 4. The first kappa shape index (κ1) is 14.4. The van der Waals surface area contributed by atoms with Crippen molar-refractivity contribution >= 4 is 23.1 Å². The highest BCUT2D eigenvalue weighted by Crippen LogP contribution is 2.30. The third-order valence-corrected chi connectivity index (χ3v) is 2.63. The minimum Gasteiger partial charge on any atom is -0.406 e. The van der Waals surface area contributed by atoms with Crippen molar-refractivity contribution in [3.8, 4) is 5.75 Å². The summed E-state index contributed by atoms with van der Waals surface area (Å²) in [5.74, 6) is -1.65. The quantitative estimate of drug-likeness (QED) is 0.519. The lowest BCUT2D eigenvalue weighted by atomic mass is 10.2. The topological polar surface area (TPSA) is 50.8 Å². The summed E-state index contributed by atoms with van der Waals surface area (Å²) in [6, 6.07) is 4.92. The molecule has 1 aliphatic rings. The van der Waals surface area contributed by atoms with E-state index < -0.39 is 23.6 Å². The summed E-state index contributed by atoms with van der Waals surface area (Å²) >= 11 is 5.85. The summed E-state index contributed by atoms with van der Waals surface area (Å²) in [6.07, 6.45) is -3.86. The largest absolute Gasteiger partial charge is 0.573 e. The van der Waals surface area contributed by atoms with E-state index in [-0.39, 0.29) is 11.5 Å². The van der Waals surface area contributed by atoms with Crippen molar-refractivity contribution < 1.29 is 22.3 Å². The van der Waals surface area contributed by atoms with Crippen molar-refractivity contribution in [2.45, 2.75) is 12.0 Å². The molecule has 108 valence electrons. The summed E-state index contributed by atoms with van der Waals surface area (Å²) in [5, 5.41) is 0. The zero-order chi connectivity index (χ0) is 14.9. The molecular formula is C11H8ClF4N3O. The summed E-state index contributed by atoms with van der Waals surface area (Å²) in [7, 11) is 0. The van der Waals surface area contributed by atoms with Gasteiger partial charge in [0.1, 0.15) is 5.75 Å².